The van der Waals surface area contributed by atoms with Crippen LogP contribution < -0.4 is 19.1 Å². The molecule has 1 aliphatic heterocycles. The molecule has 1 atom stereocenters. The van der Waals surface area contributed by atoms with Crippen molar-refractivity contribution in [3.8, 4) is 11.5 Å². The number of sulfonamides is 1. The Morgan fingerprint density at radius 1 is 1.10 bits per heavy atom. The number of amides is 1. The highest BCUT2D eigenvalue weighted by Crippen LogP contribution is 2.44. The molecule has 0 spiro atoms. The highest BCUT2D eigenvalue weighted by Gasteiger charge is 2.38. The van der Waals surface area contributed by atoms with Gasteiger partial charge in [-0.05, 0) is 43.2 Å². The second-order valence-electron chi connectivity index (χ2n) is 6.90. The van der Waals surface area contributed by atoms with Crippen molar-refractivity contribution >= 4 is 27.2 Å². The summed E-state index contributed by atoms with van der Waals surface area (Å²) in [5.74, 6) is -0.337. The Bertz CT molecular complexity index is 1130. The molecule has 2 aromatic rings. The zero-order valence-electron chi connectivity index (χ0n) is 17.3. The number of allylic oxidation sites excluding steroid dienone is 1. The van der Waals surface area contributed by atoms with E-state index >= 15 is 0 Å². The summed E-state index contributed by atoms with van der Waals surface area (Å²) in [4.78, 5) is 12.7. The van der Waals surface area contributed by atoms with E-state index in [4.69, 9.17) is 9.47 Å². The Kier molecular flexibility index (Phi) is 5.76. The van der Waals surface area contributed by atoms with Crippen LogP contribution in [0.2, 0.25) is 0 Å². The van der Waals surface area contributed by atoms with Gasteiger partial charge in [0.15, 0.2) is 16.4 Å². The SMILES string of the molecule is COc1cc2c(cc1OC)N(C)S(=O)(=O)C(C(=O)N[C@H](C)c1ccc(F)cc1)=C2C. The van der Waals surface area contributed by atoms with Crippen LogP contribution in [0, 0.1) is 5.82 Å². The van der Waals surface area contributed by atoms with Crippen molar-refractivity contribution in [2.75, 3.05) is 25.6 Å². The minimum absolute atomic E-state index is 0.299. The number of hydrogen-bond acceptors (Lipinski definition) is 5. The summed E-state index contributed by atoms with van der Waals surface area (Å²) in [5.41, 5.74) is 1.88. The third-order valence-corrected chi connectivity index (χ3v) is 7.05. The largest absolute Gasteiger partial charge is 0.493 e. The Labute approximate surface area is 175 Å². The molecule has 3 rings (SSSR count). The lowest BCUT2D eigenvalue weighted by molar-refractivity contribution is -0.117. The number of nitrogens with one attached hydrogen (secondary N) is 1. The molecule has 0 fully saturated rings. The first-order valence-electron chi connectivity index (χ1n) is 9.14. The molecule has 1 amide bonds. The van der Waals surface area contributed by atoms with Crippen LogP contribution in [0.5, 0.6) is 11.5 Å². The fraction of sp³-hybridized carbons (Fsp3) is 0.286. The summed E-state index contributed by atoms with van der Waals surface area (Å²) >= 11 is 0. The van der Waals surface area contributed by atoms with Crippen molar-refractivity contribution in [3.05, 3.63) is 58.2 Å². The molecule has 0 saturated carbocycles. The molecule has 0 bridgehead atoms. The fourth-order valence-electron chi connectivity index (χ4n) is 3.40. The second kappa shape index (κ2) is 7.98. The summed E-state index contributed by atoms with van der Waals surface area (Å²) in [5, 5.41) is 2.69. The van der Waals surface area contributed by atoms with Gasteiger partial charge < -0.3 is 14.8 Å². The topological polar surface area (TPSA) is 84.9 Å². The molecule has 0 unspecified atom stereocenters. The number of benzene rings is 2. The quantitative estimate of drug-likeness (QED) is 0.781. The maximum Gasteiger partial charge on any atom is 0.269 e. The average molecular weight is 434 g/mol. The van der Waals surface area contributed by atoms with Gasteiger partial charge in [-0.1, -0.05) is 12.1 Å². The molecule has 0 aromatic heterocycles. The first kappa shape index (κ1) is 21.6. The standard InChI is InChI=1S/C21H23FN2O5S/c1-12-16-10-18(28-4)19(29-5)11-17(16)24(3)30(26,27)20(12)21(25)23-13(2)14-6-8-15(22)9-7-14/h6-11,13H,1-5H3,(H,23,25)/t13-/m1/s1. The van der Waals surface area contributed by atoms with E-state index in [1.165, 1.54) is 45.5 Å². The van der Waals surface area contributed by atoms with E-state index in [9.17, 15) is 17.6 Å². The molecule has 160 valence electrons. The molecule has 30 heavy (non-hydrogen) atoms. The lowest BCUT2D eigenvalue weighted by atomic mass is 10.0. The van der Waals surface area contributed by atoms with Gasteiger partial charge in [0, 0.05) is 18.7 Å². The van der Waals surface area contributed by atoms with Gasteiger partial charge in [-0.2, -0.15) is 0 Å². The lowest BCUT2D eigenvalue weighted by Gasteiger charge is -2.31. The number of ether oxygens (including phenoxy) is 2. The van der Waals surface area contributed by atoms with E-state index < -0.39 is 27.8 Å². The summed E-state index contributed by atoms with van der Waals surface area (Å²) in [6.07, 6.45) is 0. The molecule has 0 saturated heterocycles. The maximum atomic E-state index is 13.2. The van der Waals surface area contributed by atoms with Crippen LogP contribution in [-0.2, 0) is 14.8 Å². The number of carbonyl (C=O) groups is 1. The molecule has 7 nitrogen and oxygen atoms in total. The fourth-order valence-corrected chi connectivity index (χ4v) is 4.87. The van der Waals surface area contributed by atoms with E-state index in [1.807, 2.05) is 0 Å². The average Bonchev–Trinajstić information content (AvgIpc) is 2.71. The van der Waals surface area contributed by atoms with Crippen LogP contribution in [0.3, 0.4) is 0 Å². The number of nitrogens with zero attached hydrogens (tertiary/aromatic N) is 1. The van der Waals surface area contributed by atoms with Crippen LogP contribution in [0.4, 0.5) is 10.1 Å². The van der Waals surface area contributed by atoms with Crippen molar-refractivity contribution in [1.82, 2.24) is 5.32 Å². The van der Waals surface area contributed by atoms with Crippen molar-refractivity contribution in [2.45, 2.75) is 19.9 Å². The van der Waals surface area contributed by atoms with E-state index in [1.54, 1.807) is 26.0 Å². The minimum atomic E-state index is -4.10. The summed E-state index contributed by atoms with van der Waals surface area (Å²) in [6.45, 7) is 3.27. The van der Waals surface area contributed by atoms with E-state index in [2.05, 4.69) is 5.32 Å². The predicted molar refractivity (Wildman–Crippen MR) is 112 cm³/mol. The van der Waals surface area contributed by atoms with Gasteiger partial charge >= 0.3 is 0 Å². The third kappa shape index (κ3) is 3.60. The molecule has 9 heteroatoms. The lowest BCUT2D eigenvalue weighted by Crippen LogP contribution is -2.39. The van der Waals surface area contributed by atoms with Crippen LogP contribution in [0.15, 0.2) is 41.3 Å². The van der Waals surface area contributed by atoms with E-state index in [-0.39, 0.29) is 4.91 Å². The number of halogens is 1. The minimum Gasteiger partial charge on any atom is -0.493 e. The number of rotatable bonds is 5. The van der Waals surface area contributed by atoms with Crippen molar-refractivity contribution in [3.63, 3.8) is 0 Å². The first-order chi connectivity index (χ1) is 14.1. The number of carbonyl (C=O) groups excluding carboxylic acids is 1. The second-order valence-corrected chi connectivity index (χ2v) is 8.80. The van der Waals surface area contributed by atoms with Crippen LogP contribution >= 0.6 is 0 Å². The van der Waals surface area contributed by atoms with Gasteiger partial charge in [-0.3, -0.25) is 9.10 Å². The van der Waals surface area contributed by atoms with Gasteiger partial charge in [-0.15, -0.1) is 0 Å². The Balaban J connectivity index is 2.06. The zero-order chi connectivity index (χ0) is 22.2. The van der Waals surface area contributed by atoms with Gasteiger partial charge in [0.1, 0.15) is 5.82 Å². The molecule has 0 radical (unpaired) electrons. The van der Waals surface area contributed by atoms with Crippen molar-refractivity contribution in [2.24, 2.45) is 0 Å². The third-order valence-electron chi connectivity index (χ3n) is 5.13. The molecular weight excluding hydrogens is 411 g/mol. The van der Waals surface area contributed by atoms with Crippen LogP contribution in [0.1, 0.15) is 31.0 Å². The number of anilines is 1. The Hall–Kier alpha value is -3.07. The molecular formula is C21H23FN2O5S. The number of methoxy groups -OCH3 is 2. The Morgan fingerprint density at radius 2 is 1.67 bits per heavy atom. The van der Waals surface area contributed by atoms with Gasteiger partial charge in [-0.25, -0.2) is 12.8 Å². The molecule has 1 aliphatic rings. The van der Waals surface area contributed by atoms with Crippen molar-refractivity contribution in [1.29, 1.82) is 0 Å². The first-order valence-corrected chi connectivity index (χ1v) is 10.6. The van der Waals surface area contributed by atoms with Crippen LogP contribution in [0.25, 0.3) is 5.57 Å². The molecule has 0 aliphatic carbocycles. The van der Waals surface area contributed by atoms with E-state index in [0.717, 1.165) is 4.31 Å². The molecule has 1 N–H and O–H groups in total. The number of hydrogen-bond donors (Lipinski definition) is 1. The van der Waals surface area contributed by atoms with Crippen molar-refractivity contribution < 1.29 is 27.1 Å². The summed E-state index contributed by atoms with van der Waals surface area (Å²) in [7, 11) is 0.215. The monoisotopic (exact) mass is 434 g/mol. The van der Waals surface area contributed by atoms with Gasteiger partial charge in [0.2, 0.25) is 0 Å². The molecule has 1 heterocycles. The summed E-state index contributed by atoms with van der Waals surface area (Å²) in [6, 6.07) is 8.32. The van der Waals surface area contributed by atoms with Crippen LogP contribution in [-0.4, -0.2) is 35.6 Å². The summed E-state index contributed by atoms with van der Waals surface area (Å²) < 4.78 is 51.1. The normalized spacial score (nSPS) is 16.0. The molecule has 2 aromatic carbocycles. The maximum absolute atomic E-state index is 13.2. The predicted octanol–water partition coefficient (Wildman–Crippen LogP) is 3.23. The highest BCUT2D eigenvalue weighted by atomic mass is 32.2. The highest BCUT2D eigenvalue weighted by molar-refractivity contribution is 7.97. The smallest absolute Gasteiger partial charge is 0.269 e. The number of fused-ring (bicyclic) bond motifs is 1. The van der Waals surface area contributed by atoms with E-state index in [0.29, 0.717) is 33.9 Å². The Morgan fingerprint density at radius 3 is 2.23 bits per heavy atom. The zero-order valence-corrected chi connectivity index (χ0v) is 18.1. The van der Waals surface area contributed by atoms with Gasteiger partial charge in [0.25, 0.3) is 15.9 Å². The van der Waals surface area contributed by atoms with Gasteiger partial charge in [0.05, 0.1) is 25.9 Å².